The second-order valence-electron chi connectivity index (χ2n) is 15.0. The Balaban J connectivity index is 1.10. The maximum Gasteiger partial charge on any atom is 0.407 e. The summed E-state index contributed by atoms with van der Waals surface area (Å²) >= 11 is 0. The molecule has 2 aliphatic rings. The normalized spacial score (nSPS) is 19.3. The lowest BCUT2D eigenvalue weighted by atomic mass is 10.0. The van der Waals surface area contributed by atoms with Gasteiger partial charge < -0.3 is 40.6 Å². The van der Waals surface area contributed by atoms with Crippen molar-refractivity contribution in [3.8, 4) is 22.4 Å². The third-order valence-corrected chi connectivity index (χ3v) is 10.5. The molecule has 1 saturated carbocycles. The van der Waals surface area contributed by atoms with Gasteiger partial charge in [-0.1, -0.05) is 52.0 Å². The Morgan fingerprint density at radius 2 is 1.36 bits per heavy atom. The molecule has 292 valence electrons. The van der Waals surface area contributed by atoms with E-state index in [4.69, 9.17) is 9.47 Å². The minimum Gasteiger partial charge on any atom is -0.453 e. The number of hydrogen-bond donors (Lipinski definition) is 5. The molecule has 4 aromatic rings. The van der Waals surface area contributed by atoms with Crippen molar-refractivity contribution in [2.24, 2.45) is 11.8 Å². The quantitative estimate of drug-likeness (QED) is 0.122. The maximum absolute atomic E-state index is 13.6. The van der Waals surface area contributed by atoms with E-state index in [0.29, 0.717) is 12.5 Å². The molecule has 0 radical (unpaired) electrons. The van der Waals surface area contributed by atoms with Crippen LogP contribution in [0.1, 0.15) is 71.7 Å². The fourth-order valence-corrected chi connectivity index (χ4v) is 7.45. The average molecular weight is 754 g/mol. The second kappa shape index (κ2) is 17.2. The SMILES string of the molecule is COC(=O)N[C@H](C(=O)N[C@@H]1CCC[C@H]1Nc1ncc(-c2ccc3cc(-c4cnc([C@@H]5CCCN5C(=O)[C@@H](NC(=O)OC)C(C)C)[nH]4)ccc3c2)cn1)C(C)C. The van der Waals surface area contributed by atoms with E-state index in [2.05, 4.69) is 65.5 Å². The average Bonchev–Trinajstić information content (AvgIpc) is 3.97. The molecule has 3 heterocycles. The minimum atomic E-state index is -0.703. The van der Waals surface area contributed by atoms with Crippen LogP contribution >= 0.6 is 0 Å². The highest BCUT2D eigenvalue weighted by Gasteiger charge is 2.38. The molecule has 4 amide bonds. The number of alkyl carbamates (subject to hydrolysis) is 2. The van der Waals surface area contributed by atoms with Crippen LogP contribution in [0.2, 0.25) is 0 Å². The highest BCUT2D eigenvalue weighted by Crippen LogP contribution is 2.34. The first kappa shape index (κ1) is 39.0. The first-order chi connectivity index (χ1) is 26.4. The number of carbonyl (C=O) groups is 4. The predicted molar refractivity (Wildman–Crippen MR) is 208 cm³/mol. The van der Waals surface area contributed by atoms with Gasteiger partial charge in [0.2, 0.25) is 17.8 Å². The van der Waals surface area contributed by atoms with E-state index in [1.165, 1.54) is 14.2 Å². The number of carbonyl (C=O) groups excluding carboxylic acids is 4. The molecule has 15 heteroatoms. The highest BCUT2D eigenvalue weighted by molar-refractivity contribution is 5.90. The largest absolute Gasteiger partial charge is 0.453 e. The molecule has 2 fully saturated rings. The molecule has 1 aliphatic carbocycles. The Morgan fingerprint density at radius 3 is 2.02 bits per heavy atom. The second-order valence-corrected chi connectivity index (χ2v) is 15.0. The third kappa shape index (κ3) is 8.98. The number of benzene rings is 2. The van der Waals surface area contributed by atoms with Crippen molar-refractivity contribution in [2.75, 3.05) is 26.1 Å². The number of aromatic amines is 1. The summed E-state index contributed by atoms with van der Waals surface area (Å²) in [5.41, 5.74) is 3.68. The molecule has 1 saturated heterocycles. The molecule has 2 aromatic heterocycles. The van der Waals surface area contributed by atoms with E-state index < -0.39 is 24.3 Å². The summed E-state index contributed by atoms with van der Waals surface area (Å²) in [6.45, 7) is 8.13. The first-order valence-corrected chi connectivity index (χ1v) is 18.9. The first-order valence-electron chi connectivity index (χ1n) is 18.9. The minimum absolute atomic E-state index is 0.0475. The summed E-state index contributed by atoms with van der Waals surface area (Å²) in [6, 6.07) is 10.7. The van der Waals surface area contributed by atoms with E-state index in [0.717, 1.165) is 71.1 Å². The summed E-state index contributed by atoms with van der Waals surface area (Å²) in [6.07, 6.45) is 8.34. The van der Waals surface area contributed by atoms with Gasteiger partial charge in [0.1, 0.15) is 17.9 Å². The van der Waals surface area contributed by atoms with E-state index in [9.17, 15) is 19.2 Å². The number of H-pyrrole nitrogens is 1. The van der Waals surface area contributed by atoms with Gasteiger partial charge in [-0.3, -0.25) is 9.59 Å². The number of anilines is 1. The molecule has 55 heavy (non-hydrogen) atoms. The molecule has 0 unspecified atom stereocenters. The van der Waals surface area contributed by atoms with Gasteiger partial charge >= 0.3 is 12.2 Å². The molecule has 5 N–H and O–H groups in total. The van der Waals surface area contributed by atoms with Crippen molar-refractivity contribution in [2.45, 2.75) is 90.0 Å². The number of rotatable bonds is 12. The Labute approximate surface area is 320 Å². The van der Waals surface area contributed by atoms with Gasteiger partial charge in [0.25, 0.3) is 0 Å². The van der Waals surface area contributed by atoms with E-state index in [1.807, 2.05) is 39.8 Å². The molecular formula is C40H51N9O6. The van der Waals surface area contributed by atoms with E-state index in [-0.39, 0.29) is 41.8 Å². The van der Waals surface area contributed by atoms with E-state index >= 15 is 0 Å². The molecule has 15 nitrogen and oxygen atoms in total. The Kier molecular flexibility index (Phi) is 12.2. The molecule has 0 spiro atoms. The van der Waals surface area contributed by atoms with Crippen LogP contribution in [0.15, 0.2) is 55.0 Å². The molecule has 2 aromatic carbocycles. The van der Waals surface area contributed by atoms with Crippen molar-refractivity contribution in [1.29, 1.82) is 0 Å². The van der Waals surface area contributed by atoms with Crippen LogP contribution in [0.25, 0.3) is 33.2 Å². The lowest BCUT2D eigenvalue weighted by Gasteiger charge is -2.30. The number of nitrogens with zero attached hydrogens (tertiary/aromatic N) is 4. The summed E-state index contributed by atoms with van der Waals surface area (Å²) in [5.74, 6) is 0.591. The number of nitrogens with one attached hydrogen (secondary N) is 5. The Hall–Kier alpha value is -5.73. The van der Waals surface area contributed by atoms with Crippen LogP contribution in [0.4, 0.5) is 15.5 Å². The number of imidazole rings is 1. The highest BCUT2D eigenvalue weighted by atomic mass is 16.5. The number of hydrogen-bond acceptors (Lipinski definition) is 10. The van der Waals surface area contributed by atoms with Crippen molar-refractivity contribution >= 4 is 40.7 Å². The van der Waals surface area contributed by atoms with Gasteiger partial charge in [0, 0.05) is 42.1 Å². The van der Waals surface area contributed by atoms with Gasteiger partial charge in [-0.05, 0) is 72.4 Å². The van der Waals surface area contributed by atoms with Gasteiger partial charge in [-0.25, -0.2) is 24.5 Å². The van der Waals surface area contributed by atoms with Crippen LogP contribution in [0.5, 0.6) is 0 Å². The maximum atomic E-state index is 13.6. The summed E-state index contributed by atoms with van der Waals surface area (Å²) < 4.78 is 9.45. The summed E-state index contributed by atoms with van der Waals surface area (Å²) in [5, 5.41) is 13.9. The monoisotopic (exact) mass is 753 g/mol. The fraction of sp³-hybridized carbons (Fsp3) is 0.475. The molecule has 5 atom stereocenters. The van der Waals surface area contributed by atoms with Crippen LogP contribution in [0.3, 0.4) is 0 Å². The molecular weight excluding hydrogens is 702 g/mol. The molecule has 1 aliphatic heterocycles. The van der Waals surface area contributed by atoms with Crippen molar-refractivity contribution < 1.29 is 28.7 Å². The number of likely N-dealkylation sites (tertiary alicyclic amines) is 1. The zero-order valence-corrected chi connectivity index (χ0v) is 32.2. The van der Waals surface area contributed by atoms with E-state index in [1.54, 1.807) is 23.5 Å². The van der Waals surface area contributed by atoms with Crippen LogP contribution in [-0.2, 0) is 19.1 Å². The fourth-order valence-electron chi connectivity index (χ4n) is 7.45. The standard InChI is InChI=1S/C40H51N9O6/c1-22(2)33(47-39(52)54-5)36(50)45-29-9-7-10-30(29)46-38-42-19-28(20-43-38)26-13-12-25-18-27(15-14-24(25)17-26)31-21-41-35(44-31)32-11-8-16-49(32)37(51)34(23(3)4)48-40(53)55-6/h12-15,17-23,29-30,32-34H,7-11,16H2,1-6H3,(H,41,44)(H,45,50)(H,47,52)(H,48,53)(H,42,43,46)/t29-,30-,32+,33+,34+/m1/s1. The summed E-state index contributed by atoms with van der Waals surface area (Å²) in [7, 11) is 2.56. The predicted octanol–water partition coefficient (Wildman–Crippen LogP) is 5.56. The lowest BCUT2D eigenvalue weighted by molar-refractivity contribution is -0.135. The number of ether oxygens (including phenoxy) is 2. The van der Waals surface area contributed by atoms with Crippen molar-refractivity contribution in [3.05, 3.63) is 60.8 Å². The lowest BCUT2D eigenvalue weighted by Crippen LogP contribution is -2.54. The zero-order chi connectivity index (χ0) is 39.2. The number of methoxy groups -OCH3 is 2. The van der Waals surface area contributed by atoms with Gasteiger partial charge in [-0.15, -0.1) is 0 Å². The number of fused-ring (bicyclic) bond motifs is 1. The zero-order valence-electron chi connectivity index (χ0n) is 32.2. The number of aromatic nitrogens is 4. The Bertz CT molecular complexity index is 2000. The number of amides is 4. The van der Waals surface area contributed by atoms with Crippen LogP contribution in [0, 0.1) is 11.8 Å². The molecule has 0 bridgehead atoms. The van der Waals surface area contributed by atoms with Crippen molar-refractivity contribution in [3.63, 3.8) is 0 Å². The third-order valence-electron chi connectivity index (χ3n) is 10.5. The van der Waals surface area contributed by atoms with Crippen LogP contribution < -0.4 is 21.3 Å². The smallest absolute Gasteiger partial charge is 0.407 e. The summed E-state index contributed by atoms with van der Waals surface area (Å²) in [4.78, 5) is 69.5. The van der Waals surface area contributed by atoms with Gasteiger partial charge in [-0.2, -0.15) is 0 Å². The van der Waals surface area contributed by atoms with Gasteiger partial charge in [0.05, 0.1) is 32.2 Å². The molecule has 6 rings (SSSR count). The topological polar surface area (TPSA) is 193 Å². The van der Waals surface area contributed by atoms with Crippen LogP contribution in [-0.4, -0.2) is 93.8 Å². The van der Waals surface area contributed by atoms with Gasteiger partial charge in [0.15, 0.2) is 0 Å². The Morgan fingerprint density at radius 1 is 0.745 bits per heavy atom. The van der Waals surface area contributed by atoms with Crippen molar-refractivity contribution in [1.82, 2.24) is 40.8 Å².